The van der Waals surface area contributed by atoms with Crippen LogP contribution in [0.3, 0.4) is 0 Å². The van der Waals surface area contributed by atoms with Crippen molar-refractivity contribution in [3.63, 3.8) is 0 Å². The topological polar surface area (TPSA) is 46.4 Å². The van der Waals surface area contributed by atoms with E-state index in [9.17, 15) is 4.79 Å². The minimum atomic E-state index is -0.0396. The molecule has 0 aliphatic heterocycles. The second-order valence-corrected chi connectivity index (χ2v) is 7.12. The summed E-state index contributed by atoms with van der Waals surface area (Å²) in [5.41, 5.74) is 5.11. The average molecular weight is 361 g/mol. The summed E-state index contributed by atoms with van der Waals surface area (Å²) in [6, 6.07) is 20.0. The number of benzene rings is 2. The normalized spacial score (nSPS) is 11.1. The van der Waals surface area contributed by atoms with E-state index in [0.29, 0.717) is 6.54 Å². The van der Waals surface area contributed by atoms with Crippen molar-refractivity contribution in [2.75, 3.05) is 0 Å². The van der Waals surface area contributed by atoms with Crippen LogP contribution in [-0.4, -0.2) is 9.38 Å². The Morgan fingerprint density at radius 1 is 1.04 bits per heavy atom. The molecule has 2 aromatic carbocycles. The number of hydrogen-bond acceptors (Lipinski definition) is 4. The Balaban J connectivity index is 1.54. The fourth-order valence-electron chi connectivity index (χ4n) is 2.91. The van der Waals surface area contributed by atoms with Gasteiger partial charge in [-0.1, -0.05) is 60.2 Å². The Kier molecular flexibility index (Phi) is 4.65. The van der Waals surface area contributed by atoms with Gasteiger partial charge in [0.15, 0.2) is 4.96 Å². The van der Waals surface area contributed by atoms with E-state index in [0.717, 1.165) is 28.5 Å². The van der Waals surface area contributed by atoms with E-state index in [2.05, 4.69) is 41.5 Å². The standard InChI is InChI=1S/C21H19N3OS/c1-15-7-9-16(10-8-15)12-22-13-18-11-20(25)24-19(14-26-21(24)23-18)17-5-3-2-4-6-17/h2-11,14,22H,12-13H2,1H3. The lowest BCUT2D eigenvalue weighted by Gasteiger charge is -2.06. The number of nitrogens with zero attached hydrogens (tertiary/aromatic N) is 2. The highest BCUT2D eigenvalue weighted by Gasteiger charge is 2.10. The van der Waals surface area contributed by atoms with E-state index in [-0.39, 0.29) is 5.56 Å². The van der Waals surface area contributed by atoms with Gasteiger partial charge in [0.25, 0.3) is 5.56 Å². The minimum Gasteiger partial charge on any atom is -0.307 e. The second kappa shape index (κ2) is 7.23. The summed E-state index contributed by atoms with van der Waals surface area (Å²) in [4.78, 5) is 18.0. The van der Waals surface area contributed by atoms with Crippen molar-refractivity contribution in [3.05, 3.63) is 93.2 Å². The molecule has 0 spiro atoms. The quantitative estimate of drug-likeness (QED) is 0.584. The van der Waals surface area contributed by atoms with Crippen molar-refractivity contribution in [3.8, 4) is 11.3 Å². The van der Waals surface area contributed by atoms with Gasteiger partial charge < -0.3 is 5.32 Å². The average Bonchev–Trinajstić information content (AvgIpc) is 3.09. The van der Waals surface area contributed by atoms with E-state index in [1.807, 2.05) is 35.7 Å². The molecule has 0 aliphatic rings. The molecular weight excluding hydrogens is 342 g/mol. The summed E-state index contributed by atoms with van der Waals surface area (Å²) >= 11 is 1.49. The molecule has 5 heteroatoms. The molecule has 26 heavy (non-hydrogen) atoms. The molecular formula is C21H19N3OS. The number of fused-ring (bicyclic) bond motifs is 1. The molecule has 4 rings (SSSR count). The van der Waals surface area contributed by atoms with Crippen LogP contribution in [0.25, 0.3) is 16.2 Å². The van der Waals surface area contributed by atoms with Gasteiger partial charge in [-0.15, -0.1) is 11.3 Å². The van der Waals surface area contributed by atoms with Gasteiger partial charge in [-0.2, -0.15) is 0 Å². The molecule has 4 aromatic rings. The first-order chi connectivity index (χ1) is 12.7. The molecule has 0 atom stereocenters. The zero-order valence-corrected chi connectivity index (χ0v) is 15.3. The van der Waals surface area contributed by atoms with Crippen LogP contribution in [0.2, 0.25) is 0 Å². The molecule has 4 nitrogen and oxygen atoms in total. The van der Waals surface area contributed by atoms with Crippen molar-refractivity contribution in [1.29, 1.82) is 0 Å². The Hall–Kier alpha value is -2.76. The van der Waals surface area contributed by atoms with Gasteiger partial charge in [0.2, 0.25) is 0 Å². The van der Waals surface area contributed by atoms with Crippen LogP contribution in [-0.2, 0) is 13.1 Å². The number of rotatable bonds is 5. The van der Waals surface area contributed by atoms with Crippen LogP contribution >= 0.6 is 11.3 Å². The first-order valence-corrected chi connectivity index (χ1v) is 9.40. The summed E-state index contributed by atoms with van der Waals surface area (Å²) in [5.74, 6) is 0. The van der Waals surface area contributed by atoms with Gasteiger partial charge in [0, 0.05) is 24.5 Å². The first kappa shape index (κ1) is 16.7. The third kappa shape index (κ3) is 3.45. The smallest absolute Gasteiger partial charge is 0.259 e. The monoisotopic (exact) mass is 361 g/mol. The first-order valence-electron chi connectivity index (χ1n) is 8.52. The molecule has 1 N–H and O–H groups in total. The van der Waals surface area contributed by atoms with Crippen LogP contribution < -0.4 is 10.9 Å². The molecule has 2 heterocycles. The van der Waals surface area contributed by atoms with Crippen molar-refractivity contribution >= 4 is 16.3 Å². The third-order valence-corrected chi connectivity index (χ3v) is 5.11. The van der Waals surface area contributed by atoms with Gasteiger partial charge in [0.1, 0.15) is 0 Å². The SMILES string of the molecule is Cc1ccc(CNCc2cc(=O)n3c(-c4ccccc4)csc3n2)cc1. The highest BCUT2D eigenvalue weighted by molar-refractivity contribution is 7.15. The lowest BCUT2D eigenvalue weighted by atomic mass is 10.1. The van der Waals surface area contributed by atoms with Gasteiger partial charge in [-0.05, 0) is 18.1 Å². The number of nitrogens with one attached hydrogen (secondary N) is 1. The van der Waals surface area contributed by atoms with Crippen molar-refractivity contribution in [1.82, 2.24) is 14.7 Å². The predicted octanol–water partition coefficient (Wildman–Crippen LogP) is 4.02. The minimum absolute atomic E-state index is 0.0396. The van der Waals surface area contributed by atoms with Gasteiger partial charge >= 0.3 is 0 Å². The maximum atomic E-state index is 12.6. The number of aryl methyl sites for hydroxylation is 1. The summed E-state index contributed by atoms with van der Waals surface area (Å²) in [6.45, 7) is 3.40. The van der Waals surface area contributed by atoms with Crippen LogP contribution in [0, 0.1) is 6.92 Å². The Bertz CT molecular complexity index is 1080. The fourth-order valence-corrected chi connectivity index (χ4v) is 3.83. The maximum Gasteiger partial charge on any atom is 0.259 e. The molecule has 0 aliphatic carbocycles. The molecule has 0 saturated heterocycles. The van der Waals surface area contributed by atoms with E-state index < -0.39 is 0 Å². The maximum absolute atomic E-state index is 12.6. The highest BCUT2D eigenvalue weighted by Crippen LogP contribution is 2.23. The largest absolute Gasteiger partial charge is 0.307 e. The van der Waals surface area contributed by atoms with Gasteiger partial charge in [0.05, 0.1) is 11.4 Å². The molecule has 0 amide bonds. The van der Waals surface area contributed by atoms with E-state index in [1.165, 1.54) is 22.5 Å². The molecule has 0 bridgehead atoms. The summed E-state index contributed by atoms with van der Waals surface area (Å²) in [7, 11) is 0. The molecule has 0 saturated carbocycles. The molecule has 0 fully saturated rings. The molecule has 130 valence electrons. The van der Waals surface area contributed by atoms with Crippen molar-refractivity contribution in [2.24, 2.45) is 0 Å². The fraction of sp³-hybridized carbons (Fsp3) is 0.143. The van der Waals surface area contributed by atoms with Crippen LogP contribution in [0.5, 0.6) is 0 Å². The van der Waals surface area contributed by atoms with Gasteiger partial charge in [-0.3, -0.25) is 9.20 Å². The van der Waals surface area contributed by atoms with E-state index in [4.69, 9.17) is 0 Å². The summed E-state index contributed by atoms with van der Waals surface area (Å²) in [5, 5.41) is 5.35. The Labute approximate surface area is 155 Å². The summed E-state index contributed by atoms with van der Waals surface area (Å²) < 4.78 is 1.68. The molecule has 0 unspecified atom stereocenters. The highest BCUT2D eigenvalue weighted by atomic mass is 32.1. The second-order valence-electron chi connectivity index (χ2n) is 6.28. The Morgan fingerprint density at radius 3 is 2.58 bits per heavy atom. The summed E-state index contributed by atoms with van der Waals surface area (Å²) in [6.07, 6.45) is 0. The lowest BCUT2D eigenvalue weighted by molar-refractivity contribution is 0.679. The van der Waals surface area contributed by atoms with Crippen LogP contribution in [0.4, 0.5) is 0 Å². The van der Waals surface area contributed by atoms with E-state index in [1.54, 1.807) is 10.5 Å². The number of aromatic nitrogens is 2. The number of thiazole rings is 1. The van der Waals surface area contributed by atoms with Gasteiger partial charge in [-0.25, -0.2) is 4.98 Å². The zero-order chi connectivity index (χ0) is 17.9. The zero-order valence-electron chi connectivity index (χ0n) is 14.5. The molecule has 2 aromatic heterocycles. The third-order valence-electron chi connectivity index (χ3n) is 4.28. The van der Waals surface area contributed by atoms with E-state index >= 15 is 0 Å². The van der Waals surface area contributed by atoms with Crippen molar-refractivity contribution < 1.29 is 0 Å². The Morgan fingerprint density at radius 2 is 1.81 bits per heavy atom. The number of hydrogen-bond donors (Lipinski definition) is 1. The lowest BCUT2D eigenvalue weighted by Crippen LogP contribution is -2.19. The van der Waals surface area contributed by atoms with Crippen LogP contribution in [0.15, 0.2) is 70.8 Å². The van der Waals surface area contributed by atoms with Crippen molar-refractivity contribution in [2.45, 2.75) is 20.0 Å². The molecule has 0 radical (unpaired) electrons. The van der Waals surface area contributed by atoms with Crippen LogP contribution in [0.1, 0.15) is 16.8 Å². The predicted molar refractivity (Wildman–Crippen MR) is 106 cm³/mol.